The third-order valence-corrected chi connectivity index (χ3v) is 6.83. The van der Waals surface area contributed by atoms with E-state index < -0.39 is 0 Å². The van der Waals surface area contributed by atoms with E-state index in [0.29, 0.717) is 29.1 Å². The zero-order valence-corrected chi connectivity index (χ0v) is 21.6. The van der Waals surface area contributed by atoms with E-state index in [0.717, 1.165) is 29.4 Å². The summed E-state index contributed by atoms with van der Waals surface area (Å²) in [5.41, 5.74) is 2.03. The van der Waals surface area contributed by atoms with Gasteiger partial charge in [0.1, 0.15) is 18.1 Å². The molecule has 0 atom stereocenters. The van der Waals surface area contributed by atoms with Crippen molar-refractivity contribution in [3.63, 3.8) is 0 Å². The molecule has 37 heavy (non-hydrogen) atoms. The topological polar surface area (TPSA) is 92.2 Å². The van der Waals surface area contributed by atoms with Gasteiger partial charge >= 0.3 is 0 Å². The molecule has 0 bridgehead atoms. The predicted octanol–water partition coefficient (Wildman–Crippen LogP) is 4.32. The molecule has 1 saturated heterocycles. The lowest BCUT2D eigenvalue weighted by Crippen LogP contribution is -2.37. The van der Waals surface area contributed by atoms with Gasteiger partial charge in [-0.25, -0.2) is 4.98 Å². The number of likely N-dealkylation sites (tertiary alicyclic amines) is 1. The number of amides is 1. The Hall–Kier alpha value is -3.65. The van der Waals surface area contributed by atoms with Crippen molar-refractivity contribution in [2.24, 2.45) is 0 Å². The SMILES string of the molecule is CC(C)NC(=O)Cn1c(-c2ccc3cc[nH]c3c2)nc2ccc(OCCCN3CCCCC3)cc2c1=O. The van der Waals surface area contributed by atoms with Crippen molar-refractivity contribution in [1.29, 1.82) is 0 Å². The van der Waals surface area contributed by atoms with Crippen LogP contribution in [-0.4, -0.2) is 57.6 Å². The number of benzene rings is 2. The van der Waals surface area contributed by atoms with Gasteiger partial charge in [0.15, 0.2) is 0 Å². The van der Waals surface area contributed by atoms with Crippen molar-refractivity contribution in [3.8, 4) is 17.1 Å². The van der Waals surface area contributed by atoms with Crippen LogP contribution in [0.1, 0.15) is 39.5 Å². The zero-order valence-electron chi connectivity index (χ0n) is 21.6. The Kier molecular flexibility index (Phi) is 7.55. The number of hydrogen-bond donors (Lipinski definition) is 2. The lowest BCUT2D eigenvalue weighted by molar-refractivity contribution is -0.122. The number of hydrogen-bond acceptors (Lipinski definition) is 5. The summed E-state index contributed by atoms with van der Waals surface area (Å²) in [4.78, 5) is 37.0. The van der Waals surface area contributed by atoms with Crippen LogP contribution in [0.3, 0.4) is 0 Å². The van der Waals surface area contributed by atoms with Gasteiger partial charge in [0.2, 0.25) is 5.91 Å². The van der Waals surface area contributed by atoms with Gasteiger partial charge in [-0.1, -0.05) is 18.6 Å². The Morgan fingerprint density at radius 1 is 1.11 bits per heavy atom. The third kappa shape index (κ3) is 5.85. The molecule has 0 aliphatic carbocycles. The van der Waals surface area contributed by atoms with Crippen molar-refractivity contribution in [2.45, 2.75) is 52.1 Å². The van der Waals surface area contributed by atoms with E-state index in [1.54, 1.807) is 6.07 Å². The Morgan fingerprint density at radius 2 is 1.95 bits per heavy atom. The molecule has 1 aliphatic heterocycles. The fraction of sp³-hybridized carbons (Fsp3) is 0.414. The minimum atomic E-state index is -0.260. The third-order valence-electron chi connectivity index (χ3n) is 6.83. The Morgan fingerprint density at radius 3 is 2.76 bits per heavy atom. The first kappa shape index (κ1) is 25.0. The highest BCUT2D eigenvalue weighted by molar-refractivity contribution is 5.86. The number of nitrogens with one attached hydrogen (secondary N) is 2. The summed E-state index contributed by atoms with van der Waals surface area (Å²) in [5, 5.41) is 4.39. The van der Waals surface area contributed by atoms with E-state index in [2.05, 4.69) is 15.2 Å². The van der Waals surface area contributed by atoms with Crippen LogP contribution in [-0.2, 0) is 11.3 Å². The van der Waals surface area contributed by atoms with Crippen LogP contribution in [0.5, 0.6) is 5.75 Å². The molecule has 2 aromatic heterocycles. The minimum absolute atomic E-state index is 0.0275. The first-order chi connectivity index (χ1) is 18.0. The van der Waals surface area contributed by atoms with Crippen molar-refractivity contribution < 1.29 is 9.53 Å². The van der Waals surface area contributed by atoms with E-state index in [9.17, 15) is 9.59 Å². The molecular weight excluding hydrogens is 466 g/mol. The number of carbonyl (C=O) groups is 1. The standard InChI is InChI=1S/C29H35N5O3/c1-20(2)31-27(35)19-34-28(22-8-7-21-11-12-30-26(21)17-22)32-25-10-9-23(18-24(25)29(34)36)37-16-6-15-33-13-4-3-5-14-33/h7-12,17-18,20,30H,3-6,13-16,19H2,1-2H3,(H,31,35). The van der Waals surface area contributed by atoms with E-state index in [4.69, 9.17) is 9.72 Å². The molecule has 194 valence electrons. The van der Waals surface area contributed by atoms with Gasteiger partial charge in [-0.2, -0.15) is 0 Å². The van der Waals surface area contributed by atoms with Crippen LogP contribution >= 0.6 is 0 Å². The van der Waals surface area contributed by atoms with Crippen LogP contribution in [0.25, 0.3) is 33.2 Å². The van der Waals surface area contributed by atoms with Gasteiger partial charge < -0.3 is 19.9 Å². The van der Waals surface area contributed by atoms with Crippen LogP contribution in [0.4, 0.5) is 0 Å². The first-order valence-corrected chi connectivity index (χ1v) is 13.2. The fourth-order valence-corrected chi connectivity index (χ4v) is 5.02. The number of aromatic amines is 1. The van der Waals surface area contributed by atoms with Crippen LogP contribution < -0.4 is 15.6 Å². The number of carbonyl (C=O) groups excluding carboxylic acids is 1. The highest BCUT2D eigenvalue weighted by Crippen LogP contribution is 2.25. The number of fused-ring (bicyclic) bond motifs is 2. The normalized spacial score (nSPS) is 14.5. The van der Waals surface area contributed by atoms with E-state index in [1.165, 1.54) is 36.9 Å². The van der Waals surface area contributed by atoms with E-state index >= 15 is 0 Å². The lowest BCUT2D eigenvalue weighted by atomic mass is 10.1. The van der Waals surface area contributed by atoms with Crippen molar-refractivity contribution in [2.75, 3.05) is 26.2 Å². The molecule has 0 unspecified atom stereocenters. The second-order valence-electron chi connectivity index (χ2n) is 10.1. The smallest absolute Gasteiger partial charge is 0.262 e. The molecule has 2 aromatic carbocycles. The second kappa shape index (κ2) is 11.2. The second-order valence-corrected chi connectivity index (χ2v) is 10.1. The molecule has 0 saturated carbocycles. The predicted molar refractivity (Wildman–Crippen MR) is 147 cm³/mol. The Balaban J connectivity index is 1.44. The van der Waals surface area contributed by atoms with Crippen molar-refractivity contribution in [3.05, 3.63) is 59.0 Å². The molecule has 0 spiro atoms. The molecular formula is C29H35N5O3. The molecule has 1 aliphatic rings. The molecule has 8 nitrogen and oxygen atoms in total. The van der Waals surface area contributed by atoms with Crippen LogP contribution in [0.15, 0.2) is 53.5 Å². The maximum atomic E-state index is 13.7. The summed E-state index contributed by atoms with van der Waals surface area (Å²) in [6.45, 7) is 7.65. The molecule has 0 radical (unpaired) electrons. The van der Waals surface area contributed by atoms with E-state index in [-0.39, 0.29) is 24.1 Å². The van der Waals surface area contributed by atoms with Gasteiger partial charge in [0.25, 0.3) is 5.56 Å². The minimum Gasteiger partial charge on any atom is -0.494 e. The Bertz CT molecular complexity index is 1450. The maximum absolute atomic E-state index is 13.7. The van der Waals surface area contributed by atoms with Gasteiger partial charge in [-0.3, -0.25) is 14.2 Å². The summed E-state index contributed by atoms with van der Waals surface area (Å²) in [6, 6.07) is 13.3. The highest BCUT2D eigenvalue weighted by atomic mass is 16.5. The Labute approximate surface area is 216 Å². The summed E-state index contributed by atoms with van der Waals surface area (Å²) >= 11 is 0. The summed E-state index contributed by atoms with van der Waals surface area (Å²) in [7, 11) is 0. The number of nitrogens with zero attached hydrogens (tertiary/aromatic N) is 3. The van der Waals surface area contributed by atoms with Gasteiger partial charge in [0, 0.05) is 29.9 Å². The van der Waals surface area contributed by atoms with Crippen LogP contribution in [0, 0.1) is 0 Å². The van der Waals surface area contributed by atoms with Gasteiger partial charge in [-0.15, -0.1) is 0 Å². The van der Waals surface area contributed by atoms with Crippen LogP contribution in [0.2, 0.25) is 0 Å². The monoisotopic (exact) mass is 501 g/mol. The molecule has 3 heterocycles. The summed E-state index contributed by atoms with van der Waals surface area (Å²) in [6.07, 6.45) is 6.70. The zero-order chi connectivity index (χ0) is 25.8. The van der Waals surface area contributed by atoms with Crippen molar-refractivity contribution >= 4 is 27.7 Å². The average molecular weight is 502 g/mol. The number of piperidine rings is 1. The van der Waals surface area contributed by atoms with Crippen molar-refractivity contribution in [1.82, 2.24) is 24.8 Å². The summed E-state index contributed by atoms with van der Waals surface area (Å²) < 4.78 is 7.46. The molecule has 1 amide bonds. The first-order valence-electron chi connectivity index (χ1n) is 13.2. The number of H-pyrrole nitrogens is 1. The quantitative estimate of drug-likeness (QED) is 0.333. The molecule has 4 aromatic rings. The largest absolute Gasteiger partial charge is 0.494 e. The lowest BCUT2D eigenvalue weighted by Gasteiger charge is -2.26. The fourth-order valence-electron chi connectivity index (χ4n) is 5.02. The highest BCUT2D eigenvalue weighted by Gasteiger charge is 2.17. The molecule has 1 fully saturated rings. The molecule has 5 rings (SSSR count). The number of rotatable bonds is 9. The van der Waals surface area contributed by atoms with Gasteiger partial charge in [0.05, 0.1) is 17.5 Å². The maximum Gasteiger partial charge on any atom is 0.262 e. The average Bonchev–Trinajstić information content (AvgIpc) is 3.36. The number of ether oxygens (including phenoxy) is 1. The van der Waals surface area contributed by atoms with Gasteiger partial charge in [-0.05, 0) is 81.9 Å². The summed E-state index contributed by atoms with van der Waals surface area (Å²) in [5.74, 6) is 0.873. The number of aromatic nitrogens is 3. The molecule has 8 heteroatoms. The van der Waals surface area contributed by atoms with E-state index in [1.807, 2.05) is 56.4 Å². The molecule has 2 N–H and O–H groups in total.